The Morgan fingerprint density at radius 3 is 2.94 bits per heavy atom. The van der Waals surface area contributed by atoms with Gasteiger partial charge in [-0.1, -0.05) is 17.7 Å². The molecule has 0 bridgehead atoms. The van der Waals surface area contributed by atoms with Crippen LogP contribution in [0.25, 0.3) is 0 Å². The fourth-order valence-electron chi connectivity index (χ4n) is 1.31. The van der Waals surface area contributed by atoms with Crippen LogP contribution in [0.1, 0.15) is 10.7 Å². The van der Waals surface area contributed by atoms with Crippen LogP contribution in [0.3, 0.4) is 0 Å². The van der Waals surface area contributed by atoms with Crippen molar-refractivity contribution < 1.29 is 4.39 Å². The van der Waals surface area contributed by atoms with E-state index in [2.05, 4.69) is 10.3 Å². The molecule has 1 aromatic carbocycles. The van der Waals surface area contributed by atoms with E-state index in [0.717, 1.165) is 10.7 Å². The minimum atomic E-state index is -0.347. The lowest BCUT2D eigenvalue weighted by atomic mass is 10.3. The Kier molecular flexibility index (Phi) is 3.41. The average Bonchev–Trinajstić information content (AvgIpc) is 2.63. The fraction of sp³-hybridized carbons (Fsp3) is 0.182. The number of hydrogen-bond acceptors (Lipinski definition) is 3. The number of nitrogens with zero attached hydrogens (tertiary/aromatic N) is 1. The molecular weight excluding hydrogens is 247 g/mol. The van der Waals surface area contributed by atoms with Crippen molar-refractivity contribution in [1.29, 1.82) is 0 Å². The van der Waals surface area contributed by atoms with Gasteiger partial charge in [-0.05, 0) is 19.1 Å². The molecule has 0 saturated carbocycles. The summed E-state index contributed by atoms with van der Waals surface area (Å²) in [6.07, 6.45) is 0. The van der Waals surface area contributed by atoms with Gasteiger partial charge in [0.25, 0.3) is 0 Å². The summed E-state index contributed by atoms with van der Waals surface area (Å²) in [4.78, 5) is 4.28. The zero-order valence-electron chi connectivity index (χ0n) is 8.63. The van der Waals surface area contributed by atoms with E-state index >= 15 is 0 Å². The molecule has 0 aliphatic rings. The van der Waals surface area contributed by atoms with E-state index in [9.17, 15) is 4.39 Å². The van der Waals surface area contributed by atoms with Crippen molar-refractivity contribution >= 4 is 28.6 Å². The van der Waals surface area contributed by atoms with Crippen LogP contribution in [-0.2, 0) is 6.54 Å². The summed E-state index contributed by atoms with van der Waals surface area (Å²) in [6, 6.07) is 4.61. The van der Waals surface area contributed by atoms with Crippen molar-refractivity contribution in [2.75, 3.05) is 5.32 Å². The van der Waals surface area contributed by atoms with Gasteiger partial charge in [-0.3, -0.25) is 0 Å². The minimum absolute atomic E-state index is 0.331. The molecule has 0 radical (unpaired) electrons. The highest BCUT2D eigenvalue weighted by atomic mass is 35.5. The number of benzene rings is 1. The topological polar surface area (TPSA) is 24.9 Å². The summed E-state index contributed by atoms with van der Waals surface area (Å²) in [7, 11) is 0. The lowest BCUT2D eigenvalue weighted by molar-refractivity contribution is 0.630. The number of aryl methyl sites for hydroxylation is 1. The lowest BCUT2D eigenvalue weighted by Crippen LogP contribution is -2.01. The number of aromatic nitrogens is 1. The molecule has 0 aliphatic heterocycles. The zero-order valence-corrected chi connectivity index (χ0v) is 10.2. The van der Waals surface area contributed by atoms with Crippen LogP contribution in [0.4, 0.5) is 10.1 Å². The predicted octanol–water partition coefficient (Wildman–Crippen LogP) is 3.86. The summed E-state index contributed by atoms with van der Waals surface area (Å²) in [5.41, 5.74) is 1.30. The smallest absolute Gasteiger partial charge is 0.147 e. The van der Waals surface area contributed by atoms with Crippen LogP contribution in [0.5, 0.6) is 0 Å². The van der Waals surface area contributed by atoms with Gasteiger partial charge < -0.3 is 5.32 Å². The number of para-hydroxylation sites is 1. The molecule has 1 heterocycles. The molecule has 16 heavy (non-hydrogen) atoms. The fourth-order valence-corrected chi connectivity index (χ4v) is 2.26. The molecule has 0 fully saturated rings. The molecular formula is C11H10ClFN2S. The first-order valence-corrected chi connectivity index (χ1v) is 6.01. The molecule has 1 N–H and O–H groups in total. The molecule has 2 nitrogen and oxygen atoms in total. The van der Waals surface area contributed by atoms with Gasteiger partial charge in [0.1, 0.15) is 10.8 Å². The number of nitrogens with one attached hydrogen (secondary N) is 1. The molecule has 2 aromatic rings. The molecule has 1 aromatic heterocycles. The van der Waals surface area contributed by atoms with Gasteiger partial charge in [-0.15, -0.1) is 11.3 Å². The highest BCUT2D eigenvalue weighted by Crippen LogP contribution is 2.25. The standard InChI is InChI=1S/C11H10ClFN2S/c1-7-6-16-10(15-7)5-14-11-8(12)3-2-4-9(11)13/h2-4,6,14H,5H2,1H3. The van der Waals surface area contributed by atoms with E-state index in [1.807, 2.05) is 12.3 Å². The van der Waals surface area contributed by atoms with Crippen LogP contribution in [0.2, 0.25) is 5.02 Å². The third-order valence-electron chi connectivity index (χ3n) is 2.05. The van der Waals surface area contributed by atoms with Crippen molar-refractivity contribution in [3.8, 4) is 0 Å². The van der Waals surface area contributed by atoms with E-state index in [4.69, 9.17) is 11.6 Å². The zero-order chi connectivity index (χ0) is 11.5. The third kappa shape index (κ3) is 2.51. The first-order valence-electron chi connectivity index (χ1n) is 4.75. The number of halogens is 2. The maximum atomic E-state index is 13.4. The average molecular weight is 257 g/mol. The molecule has 84 valence electrons. The molecule has 0 unspecified atom stereocenters. The Hall–Kier alpha value is -1.13. The van der Waals surface area contributed by atoms with Gasteiger partial charge in [0.2, 0.25) is 0 Å². The van der Waals surface area contributed by atoms with Crippen LogP contribution < -0.4 is 5.32 Å². The quantitative estimate of drug-likeness (QED) is 0.902. The molecule has 0 saturated heterocycles. The van der Waals surface area contributed by atoms with Gasteiger partial charge in [-0.2, -0.15) is 0 Å². The van der Waals surface area contributed by atoms with Crippen molar-refractivity contribution in [2.24, 2.45) is 0 Å². The normalized spacial score (nSPS) is 10.4. The van der Waals surface area contributed by atoms with Gasteiger partial charge in [0, 0.05) is 11.1 Å². The summed E-state index contributed by atoms with van der Waals surface area (Å²) in [6.45, 7) is 2.41. The van der Waals surface area contributed by atoms with E-state index in [1.165, 1.54) is 6.07 Å². The van der Waals surface area contributed by atoms with Crippen molar-refractivity contribution in [1.82, 2.24) is 4.98 Å². The molecule has 0 aliphatic carbocycles. The second-order valence-electron chi connectivity index (χ2n) is 3.33. The van der Waals surface area contributed by atoms with E-state index in [1.54, 1.807) is 23.5 Å². The van der Waals surface area contributed by atoms with E-state index in [0.29, 0.717) is 17.3 Å². The van der Waals surface area contributed by atoms with E-state index in [-0.39, 0.29) is 5.82 Å². The Bertz CT molecular complexity index is 478. The van der Waals surface area contributed by atoms with Crippen LogP contribution in [0, 0.1) is 12.7 Å². The highest BCUT2D eigenvalue weighted by Gasteiger charge is 2.06. The van der Waals surface area contributed by atoms with Crippen LogP contribution in [-0.4, -0.2) is 4.98 Å². The monoisotopic (exact) mass is 256 g/mol. The molecule has 5 heteroatoms. The number of anilines is 1. The van der Waals surface area contributed by atoms with E-state index < -0.39 is 0 Å². The molecule has 2 rings (SSSR count). The van der Waals surface area contributed by atoms with Crippen LogP contribution in [0.15, 0.2) is 23.6 Å². The summed E-state index contributed by atoms with van der Waals surface area (Å²) in [5, 5.41) is 6.21. The van der Waals surface area contributed by atoms with Crippen molar-refractivity contribution in [2.45, 2.75) is 13.5 Å². The van der Waals surface area contributed by atoms with Crippen LogP contribution >= 0.6 is 22.9 Å². The first-order chi connectivity index (χ1) is 7.66. The molecule has 0 atom stereocenters. The second kappa shape index (κ2) is 4.80. The number of rotatable bonds is 3. The Labute approximate surface area is 102 Å². The summed E-state index contributed by atoms with van der Waals surface area (Å²) in [5.74, 6) is -0.347. The predicted molar refractivity (Wildman–Crippen MR) is 65.6 cm³/mol. The Morgan fingerprint density at radius 1 is 1.50 bits per heavy atom. The van der Waals surface area contributed by atoms with Gasteiger partial charge in [0.15, 0.2) is 0 Å². The van der Waals surface area contributed by atoms with Gasteiger partial charge >= 0.3 is 0 Å². The lowest BCUT2D eigenvalue weighted by Gasteiger charge is -2.07. The maximum Gasteiger partial charge on any atom is 0.147 e. The molecule has 0 amide bonds. The van der Waals surface area contributed by atoms with Gasteiger partial charge in [-0.25, -0.2) is 9.37 Å². The minimum Gasteiger partial charge on any atom is -0.375 e. The third-order valence-corrected chi connectivity index (χ3v) is 3.33. The van der Waals surface area contributed by atoms with Crippen molar-refractivity contribution in [3.05, 3.63) is 45.1 Å². The van der Waals surface area contributed by atoms with Crippen molar-refractivity contribution in [3.63, 3.8) is 0 Å². The first kappa shape index (κ1) is 11.4. The van der Waals surface area contributed by atoms with Gasteiger partial charge in [0.05, 0.1) is 17.3 Å². The largest absolute Gasteiger partial charge is 0.375 e. The Morgan fingerprint density at radius 2 is 2.31 bits per heavy atom. The SMILES string of the molecule is Cc1csc(CNc2c(F)cccc2Cl)n1. The number of thiazole rings is 1. The summed E-state index contributed by atoms with van der Waals surface area (Å²) >= 11 is 7.42. The number of hydrogen-bond donors (Lipinski definition) is 1. The maximum absolute atomic E-state index is 13.4. The second-order valence-corrected chi connectivity index (χ2v) is 4.68. The Balaban J connectivity index is 2.10. The highest BCUT2D eigenvalue weighted by molar-refractivity contribution is 7.09. The summed E-state index contributed by atoms with van der Waals surface area (Å²) < 4.78 is 13.4. The molecule has 0 spiro atoms.